The zero-order chi connectivity index (χ0) is 13.1. The second-order valence-corrected chi connectivity index (χ2v) is 5.38. The van der Waals surface area contributed by atoms with E-state index in [1.807, 2.05) is 6.26 Å². The van der Waals surface area contributed by atoms with Crippen LogP contribution in [0.1, 0.15) is 11.7 Å². The summed E-state index contributed by atoms with van der Waals surface area (Å²) in [7, 11) is 3.92. The van der Waals surface area contributed by atoms with Crippen LogP contribution in [0.2, 0.25) is 5.15 Å². The van der Waals surface area contributed by atoms with Gasteiger partial charge in [0.2, 0.25) is 5.95 Å². The van der Waals surface area contributed by atoms with Gasteiger partial charge < -0.3 is 10.6 Å². The Bertz CT molecular complexity index is 428. The van der Waals surface area contributed by atoms with Gasteiger partial charge in [-0.1, -0.05) is 11.6 Å². The lowest BCUT2D eigenvalue weighted by molar-refractivity contribution is 0.196. The number of halogens is 1. The molecule has 0 aromatic carbocycles. The number of nitrogens with zero attached hydrogens (tertiary/aromatic N) is 3. The van der Waals surface area contributed by atoms with Crippen molar-refractivity contribution in [3.8, 4) is 0 Å². The van der Waals surface area contributed by atoms with Crippen LogP contribution in [0.25, 0.3) is 0 Å². The maximum absolute atomic E-state index is 6.23. The first-order chi connectivity index (χ1) is 8.67. The number of hydrogen-bond donors (Lipinski definition) is 2. The van der Waals surface area contributed by atoms with Gasteiger partial charge in [-0.15, -0.1) is 11.8 Å². The van der Waals surface area contributed by atoms with Gasteiger partial charge in [-0.2, -0.15) is 4.98 Å². The molecule has 1 saturated heterocycles. The van der Waals surface area contributed by atoms with Crippen molar-refractivity contribution in [2.24, 2.45) is 0 Å². The quantitative estimate of drug-likeness (QED) is 0.649. The first-order valence-corrected chi connectivity index (χ1v) is 7.47. The summed E-state index contributed by atoms with van der Waals surface area (Å²) in [6, 6.07) is 0.244. The van der Waals surface area contributed by atoms with Gasteiger partial charge in [0, 0.05) is 26.7 Å². The molecule has 7 heteroatoms. The highest BCUT2D eigenvalue weighted by molar-refractivity contribution is 7.98. The predicted molar refractivity (Wildman–Crippen MR) is 76.6 cm³/mol. The summed E-state index contributed by atoms with van der Waals surface area (Å²) in [4.78, 5) is 12.1. The molecule has 2 heterocycles. The van der Waals surface area contributed by atoms with E-state index in [1.165, 1.54) is 0 Å². The summed E-state index contributed by atoms with van der Waals surface area (Å²) in [6.45, 7) is 2.91. The summed E-state index contributed by atoms with van der Waals surface area (Å²) in [5.41, 5.74) is 1.00. The molecule has 0 amide bonds. The number of aromatic nitrogens is 2. The van der Waals surface area contributed by atoms with E-state index in [9.17, 15) is 0 Å². The predicted octanol–water partition coefficient (Wildman–Crippen LogP) is 1.47. The highest BCUT2D eigenvalue weighted by atomic mass is 35.5. The van der Waals surface area contributed by atoms with Crippen molar-refractivity contribution in [2.75, 3.05) is 45.3 Å². The number of anilines is 1. The fourth-order valence-electron chi connectivity index (χ4n) is 2.08. The Balaban J connectivity index is 2.43. The largest absolute Gasteiger partial charge is 0.357 e. The van der Waals surface area contributed by atoms with E-state index < -0.39 is 0 Å². The van der Waals surface area contributed by atoms with Gasteiger partial charge in [0.15, 0.2) is 0 Å². The molecule has 18 heavy (non-hydrogen) atoms. The second kappa shape index (κ2) is 6.06. The molecule has 0 saturated carbocycles. The summed E-state index contributed by atoms with van der Waals surface area (Å²) < 4.78 is 0. The molecule has 1 unspecified atom stereocenters. The van der Waals surface area contributed by atoms with E-state index in [-0.39, 0.29) is 6.04 Å². The average molecular weight is 288 g/mol. The minimum Gasteiger partial charge on any atom is -0.357 e. The molecule has 100 valence electrons. The first-order valence-electron chi connectivity index (χ1n) is 5.87. The van der Waals surface area contributed by atoms with E-state index in [4.69, 9.17) is 11.6 Å². The van der Waals surface area contributed by atoms with E-state index in [0.717, 1.165) is 30.2 Å². The van der Waals surface area contributed by atoms with Gasteiger partial charge in [-0.05, 0) is 13.3 Å². The molecular weight excluding hydrogens is 270 g/mol. The summed E-state index contributed by atoms with van der Waals surface area (Å²) >= 11 is 7.83. The Hall–Kier alpha value is -0.560. The van der Waals surface area contributed by atoms with Gasteiger partial charge in [-0.25, -0.2) is 4.98 Å². The van der Waals surface area contributed by atoms with Crippen LogP contribution in [0.5, 0.6) is 0 Å². The van der Waals surface area contributed by atoms with Crippen molar-refractivity contribution in [1.82, 2.24) is 20.2 Å². The lowest BCUT2D eigenvalue weighted by Crippen LogP contribution is -2.44. The zero-order valence-electron chi connectivity index (χ0n) is 10.8. The lowest BCUT2D eigenvalue weighted by atomic mass is 10.1. The van der Waals surface area contributed by atoms with Gasteiger partial charge in [0.25, 0.3) is 0 Å². The fourth-order valence-corrected chi connectivity index (χ4v) is 3.09. The number of rotatable bonds is 3. The molecule has 1 aromatic rings. The summed E-state index contributed by atoms with van der Waals surface area (Å²) in [6.07, 6.45) is 2.00. The fraction of sp³-hybridized carbons (Fsp3) is 0.636. The van der Waals surface area contributed by atoms with Crippen LogP contribution in [-0.4, -0.2) is 54.9 Å². The highest BCUT2D eigenvalue weighted by Gasteiger charge is 2.26. The third kappa shape index (κ3) is 2.71. The minimum absolute atomic E-state index is 0.244. The van der Waals surface area contributed by atoms with Crippen LogP contribution in [0.15, 0.2) is 4.90 Å². The molecule has 1 aromatic heterocycles. The van der Waals surface area contributed by atoms with E-state index >= 15 is 0 Å². The number of hydrogen-bond acceptors (Lipinski definition) is 6. The van der Waals surface area contributed by atoms with Crippen LogP contribution in [0.4, 0.5) is 5.95 Å². The maximum atomic E-state index is 6.23. The topological polar surface area (TPSA) is 53.1 Å². The smallest absolute Gasteiger partial charge is 0.224 e. The van der Waals surface area contributed by atoms with Gasteiger partial charge in [-0.3, -0.25) is 4.90 Å². The molecule has 5 nitrogen and oxygen atoms in total. The Kier molecular flexibility index (Phi) is 4.66. The molecule has 2 N–H and O–H groups in total. The van der Waals surface area contributed by atoms with Crippen molar-refractivity contribution in [2.45, 2.75) is 10.9 Å². The Labute approximate surface area is 117 Å². The second-order valence-electron chi connectivity index (χ2n) is 4.21. The van der Waals surface area contributed by atoms with Crippen LogP contribution >= 0.6 is 23.4 Å². The van der Waals surface area contributed by atoms with E-state index in [0.29, 0.717) is 11.1 Å². The molecule has 0 radical (unpaired) electrons. The van der Waals surface area contributed by atoms with Crippen LogP contribution in [0, 0.1) is 0 Å². The number of piperazine rings is 1. The van der Waals surface area contributed by atoms with Crippen molar-refractivity contribution in [1.29, 1.82) is 0 Å². The lowest BCUT2D eigenvalue weighted by Gasteiger charge is -2.33. The molecule has 2 rings (SSSR count). The summed E-state index contributed by atoms with van der Waals surface area (Å²) in [5.74, 6) is 0.576. The third-order valence-electron chi connectivity index (χ3n) is 3.10. The molecule has 0 bridgehead atoms. The molecule has 1 atom stereocenters. The van der Waals surface area contributed by atoms with E-state index in [1.54, 1.807) is 18.8 Å². The number of nitrogens with one attached hydrogen (secondary N) is 2. The van der Waals surface area contributed by atoms with Crippen molar-refractivity contribution in [3.05, 3.63) is 10.8 Å². The zero-order valence-corrected chi connectivity index (χ0v) is 12.4. The minimum atomic E-state index is 0.244. The highest BCUT2D eigenvalue weighted by Crippen LogP contribution is 2.33. The molecule has 0 aliphatic carbocycles. The molecule has 1 fully saturated rings. The SMILES string of the molecule is CNc1nc(Cl)c(SC)c(C2CNCCN2C)n1. The van der Waals surface area contributed by atoms with Crippen LogP contribution in [0.3, 0.4) is 0 Å². The van der Waals surface area contributed by atoms with Gasteiger partial charge in [0.1, 0.15) is 5.15 Å². The first kappa shape index (κ1) is 13.9. The normalized spacial score (nSPS) is 21.0. The number of likely N-dealkylation sites (N-methyl/N-ethyl adjacent to an activating group) is 1. The molecular formula is C11H18ClN5S. The Morgan fingerprint density at radius 1 is 1.50 bits per heavy atom. The standard InChI is InChI=1S/C11H18ClN5S/c1-13-11-15-8(9(18-3)10(12)16-11)7-6-14-4-5-17(7)2/h7,14H,4-6H2,1-3H3,(H,13,15,16). The molecule has 1 aliphatic heterocycles. The van der Waals surface area contributed by atoms with Gasteiger partial charge in [0.05, 0.1) is 16.6 Å². The Morgan fingerprint density at radius 2 is 2.28 bits per heavy atom. The molecule has 0 spiro atoms. The summed E-state index contributed by atoms with van der Waals surface area (Å²) in [5, 5.41) is 6.88. The molecule has 1 aliphatic rings. The van der Waals surface area contributed by atoms with Gasteiger partial charge >= 0.3 is 0 Å². The van der Waals surface area contributed by atoms with Crippen LogP contribution in [-0.2, 0) is 0 Å². The van der Waals surface area contributed by atoms with E-state index in [2.05, 4.69) is 32.5 Å². The average Bonchev–Trinajstić information content (AvgIpc) is 2.38. The Morgan fingerprint density at radius 3 is 2.89 bits per heavy atom. The maximum Gasteiger partial charge on any atom is 0.224 e. The number of thioether (sulfide) groups is 1. The van der Waals surface area contributed by atoms with Crippen molar-refractivity contribution < 1.29 is 0 Å². The van der Waals surface area contributed by atoms with Crippen molar-refractivity contribution >= 4 is 29.3 Å². The van der Waals surface area contributed by atoms with Crippen LogP contribution < -0.4 is 10.6 Å². The van der Waals surface area contributed by atoms with Crippen molar-refractivity contribution in [3.63, 3.8) is 0 Å². The monoisotopic (exact) mass is 287 g/mol. The third-order valence-corrected chi connectivity index (χ3v) is 4.30.